The van der Waals surface area contributed by atoms with E-state index in [9.17, 15) is 9.59 Å². The number of primary amides is 1. The van der Waals surface area contributed by atoms with E-state index in [1.807, 2.05) is 19.1 Å². The molecule has 1 aromatic carbocycles. The number of amides is 2. The summed E-state index contributed by atoms with van der Waals surface area (Å²) >= 11 is 6.44. The lowest BCUT2D eigenvalue weighted by Crippen LogP contribution is -2.43. The minimum absolute atomic E-state index is 0.115. The fourth-order valence-corrected chi connectivity index (χ4v) is 6.17. The minimum atomic E-state index is -0.769. The molecule has 2 bridgehead atoms. The van der Waals surface area contributed by atoms with Crippen LogP contribution in [0.2, 0.25) is 5.02 Å². The molecule has 0 spiro atoms. The van der Waals surface area contributed by atoms with Gasteiger partial charge in [0.25, 0.3) is 0 Å². The molecule has 2 aromatic rings. The molecule has 1 aromatic heterocycles. The first-order valence-corrected chi connectivity index (χ1v) is 12.8. The number of hydrogen-bond acceptors (Lipinski definition) is 8. The number of fused-ring (bicyclic) bond motifs is 3. The van der Waals surface area contributed by atoms with E-state index in [4.69, 9.17) is 26.8 Å². The number of methoxy groups -OCH3 is 1. The maximum Gasteiger partial charge on any atom is 0.404 e. The summed E-state index contributed by atoms with van der Waals surface area (Å²) < 4.78 is 11.2. The van der Waals surface area contributed by atoms with Gasteiger partial charge in [0.1, 0.15) is 16.9 Å². The normalized spacial score (nSPS) is 24.8. The molecule has 2 saturated carbocycles. The summed E-state index contributed by atoms with van der Waals surface area (Å²) in [6.45, 7) is 2.57. The van der Waals surface area contributed by atoms with Gasteiger partial charge in [0.15, 0.2) is 5.82 Å². The Morgan fingerprint density at radius 3 is 2.83 bits per heavy atom. The molecule has 11 heteroatoms. The molecule has 36 heavy (non-hydrogen) atoms. The number of hydrogen-bond donors (Lipinski definition) is 3. The summed E-state index contributed by atoms with van der Waals surface area (Å²) in [5, 5.41) is 7.02. The molecule has 192 valence electrons. The molecule has 0 saturated heterocycles. The number of ether oxygens (including phenoxy) is 2. The topological polar surface area (TPSA) is 132 Å². The Labute approximate surface area is 214 Å². The van der Waals surface area contributed by atoms with Crippen molar-refractivity contribution in [2.24, 2.45) is 17.6 Å². The molecule has 0 radical (unpaired) electrons. The Balaban J connectivity index is 1.41. The Hall–Kier alpha value is -3.27. The van der Waals surface area contributed by atoms with Crippen LogP contribution in [0.4, 0.5) is 27.9 Å². The van der Waals surface area contributed by atoms with E-state index in [-0.39, 0.29) is 24.0 Å². The van der Waals surface area contributed by atoms with Crippen molar-refractivity contribution in [3.63, 3.8) is 0 Å². The van der Waals surface area contributed by atoms with Crippen LogP contribution in [-0.2, 0) is 16.0 Å². The van der Waals surface area contributed by atoms with E-state index in [0.29, 0.717) is 47.1 Å². The summed E-state index contributed by atoms with van der Waals surface area (Å²) in [5.74, 6) is 2.23. The van der Waals surface area contributed by atoms with E-state index in [2.05, 4.69) is 20.6 Å². The maximum absolute atomic E-state index is 12.5. The van der Waals surface area contributed by atoms with Gasteiger partial charge in [-0.1, -0.05) is 11.6 Å². The van der Waals surface area contributed by atoms with Crippen molar-refractivity contribution in [1.29, 1.82) is 0 Å². The van der Waals surface area contributed by atoms with E-state index >= 15 is 0 Å². The summed E-state index contributed by atoms with van der Waals surface area (Å²) in [4.78, 5) is 34.8. The molecular weight excluding hydrogens is 484 g/mol. The number of aromatic nitrogens is 2. The third-order valence-corrected chi connectivity index (χ3v) is 7.83. The van der Waals surface area contributed by atoms with E-state index in [1.165, 1.54) is 6.20 Å². The van der Waals surface area contributed by atoms with Crippen molar-refractivity contribution in [2.75, 3.05) is 29.2 Å². The predicted octanol–water partition coefficient (Wildman–Crippen LogP) is 4.25. The first-order valence-electron chi connectivity index (χ1n) is 12.4. The molecule has 4 N–H and O–H groups in total. The third-order valence-electron chi connectivity index (χ3n) is 7.55. The van der Waals surface area contributed by atoms with Crippen molar-refractivity contribution in [1.82, 2.24) is 9.97 Å². The molecule has 2 amide bonds. The van der Waals surface area contributed by atoms with Crippen LogP contribution in [0, 0.1) is 11.8 Å². The van der Waals surface area contributed by atoms with Crippen molar-refractivity contribution in [2.45, 2.75) is 57.6 Å². The van der Waals surface area contributed by atoms with Crippen LogP contribution in [0.15, 0.2) is 18.3 Å². The average molecular weight is 515 g/mol. The Bertz CT molecular complexity index is 1180. The summed E-state index contributed by atoms with van der Waals surface area (Å²) in [6, 6.07) is 3.69. The number of nitrogens with two attached hydrogens (primary N) is 1. The number of nitrogens with zero attached hydrogens (tertiary/aromatic N) is 3. The zero-order valence-corrected chi connectivity index (χ0v) is 21.2. The molecule has 4 atom stereocenters. The van der Waals surface area contributed by atoms with E-state index in [0.717, 1.165) is 43.4 Å². The molecule has 2 fully saturated rings. The van der Waals surface area contributed by atoms with Gasteiger partial charge < -0.3 is 30.7 Å². The van der Waals surface area contributed by atoms with Crippen molar-refractivity contribution >= 4 is 46.7 Å². The van der Waals surface area contributed by atoms with Gasteiger partial charge >= 0.3 is 6.09 Å². The van der Waals surface area contributed by atoms with Crippen molar-refractivity contribution in [3.05, 3.63) is 28.9 Å². The molecular formula is C25H31ClN6O4. The van der Waals surface area contributed by atoms with Gasteiger partial charge in [0.05, 0.1) is 30.7 Å². The molecule has 2 heterocycles. The molecule has 2 aliphatic carbocycles. The zero-order chi connectivity index (χ0) is 25.4. The Morgan fingerprint density at radius 2 is 2.08 bits per heavy atom. The highest BCUT2D eigenvalue weighted by Gasteiger charge is 2.50. The quantitative estimate of drug-likeness (QED) is 0.499. The maximum atomic E-state index is 12.5. The van der Waals surface area contributed by atoms with E-state index in [1.54, 1.807) is 12.0 Å². The highest BCUT2D eigenvalue weighted by Crippen LogP contribution is 2.47. The highest BCUT2D eigenvalue weighted by atomic mass is 35.5. The van der Waals surface area contributed by atoms with E-state index < -0.39 is 6.09 Å². The minimum Gasteiger partial charge on any atom is -0.494 e. The predicted molar refractivity (Wildman–Crippen MR) is 137 cm³/mol. The van der Waals surface area contributed by atoms with Gasteiger partial charge in [-0.05, 0) is 63.0 Å². The molecule has 10 nitrogen and oxygen atoms in total. The second kappa shape index (κ2) is 10.0. The van der Waals surface area contributed by atoms with Gasteiger partial charge in [-0.3, -0.25) is 4.79 Å². The lowest BCUT2D eigenvalue weighted by atomic mass is 9.92. The van der Waals surface area contributed by atoms with Crippen LogP contribution < -0.4 is 26.0 Å². The molecule has 4 unspecified atom stereocenters. The SMILES string of the molecule is CCN1C(=O)CCCc2c1ccc(Nc1ncc(Cl)c(NC3C4CCC(C4)C3OC(N)=O)n1)c2OC. The standard InChI is InChI=1S/C25H31ClN6O4/c1-3-32-18-10-9-17(22(35-2)15(18)5-4-6-19(32)33)29-25-28-12-16(26)23(31-25)30-20-13-7-8-14(11-13)21(20)36-24(27)34/h9-10,12-14,20-21H,3-8,11H2,1-2H3,(H2,27,34)(H2,28,29,30,31). The first kappa shape index (κ1) is 24.4. The van der Waals surface area contributed by atoms with Crippen molar-refractivity contribution in [3.8, 4) is 5.75 Å². The smallest absolute Gasteiger partial charge is 0.404 e. The summed E-state index contributed by atoms with van der Waals surface area (Å²) in [6.07, 6.45) is 5.50. The highest BCUT2D eigenvalue weighted by molar-refractivity contribution is 6.32. The van der Waals surface area contributed by atoms with Gasteiger partial charge in [-0.25, -0.2) is 9.78 Å². The lowest BCUT2D eigenvalue weighted by molar-refractivity contribution is -0.118. The second-order valence-electron chi connectivity index (χ2n) is 9.56. The van der Waals surface area contributed by atoms with Gasteiger partial charge in [-0.2, -0.15) is 4.98 Å². The fraction of sp³-hybridized carbons (Fsp3) is 0.520. The number of rotatable bonds is 7. The molecule has 5 rings (SSSR count). The third kappa shape index (κ3) is 4.50. The van der Waals surface area contributed by atoms with Crippen LogP contribution >= 0.6 is 11.6 Å². The average Bonchev–Trinajstić information content (AvgIpc) is 3.40. The fourth-order valence-electron chi connectivity index (χ4n) is 6.03. The van der Waals surface area contributed by atoms with Crippen LogP contribution in [0.1, 0.15) is 44.6 Å². The Morgan fingerprint density at radius 1 is 1.28 bits per heavy atom. The number of carbonyl (C=O) groups is 2. The summed E-state index contributed by atoms with van der Waals surface area (Å²) in [5.41, 5.74) is 7.88. The number of nitrogens with one attached hydrogen (secondary N) is 2. The number of anilines is 4. The van der Waals surface area contributed by atoms with Crippen LogP contribution in [-0.4, -0.2) is 47.8 Å². The number of benzene rings is 1. The van der Waals surface area contributed by atoms with Crippen LogP contribution in [0.5, 0.6) is 5.75 Å². The van der Waals surface area contributed by atoms with Gasteiger partial charge in [0, 0.05) is 18.5 Å². The van der Waals surface area contributed by atoms with Crippen LogP contribution in [0.25, 0.3) is 0 Å². The number of carbonyl (C=O) groups excluding carboxylic acids is 2. The zero-order valence-electron chi connectivity index (χ0n) is 20.4. The van der Waals surface area contributed by atoms with Gasteiger partial charge in [0.2, 0.25) is 11.9 Å². The lowest BCUT2D eigenvalue weighted by Gasteiger charge is -2.31. The van der Waals surface area contributed by atoms with Crippen LogP contribution in [0.3, 0.4) is 0 Å². The monoisotopic (exact) mass is 514 g/mol. The molecule has 3 aliphatic rings. The van der Waals surface area contributed by atoms with Gasteiger partial charge in [-0.15, -0.1) is 0 Å². The first-order chi connectivity index (χ1) is 17.4. The largest absolute Gasteiger partial charge is 0.494 e. The second-order valence-corrected chi connectivity index (χ2v) is 9.96. The Kier molecular flexibility index (Phi) is 6.79. The molecule has 1 aliphatic heterocycles. The number of halogens is 1. The summed E-state index contributed by atoms with van der Waals surface area (Å²) in [7, 11) is 1.62. The van der Waals surface area contributed by atoms with Crippen molar-refractivity contribution < 1.29 is 19.1 Å².